The molecule has 31 heavy (non-hydrogen) atoms. The SMILES string of the molecule is C#CCCC[C@@H](NC(=O)[C@H](Cc1ccccc1)NC(=O)OCc1ccccc1)C(N)=O. The van der Waals surface area contributed by atoms with Crippen molar-refractivity contribution in [1.29, 1.82) is 0 Å². The van der Waals surface area contributed by atoms with Crippen LogP contribution in [0.2, 0.25) is 0 Å². The fourth-order valence-electron chi connectivity index (χ4n) is 2.93. The van der Waals surface area contributed by atoms with Crippen molar-refractivity contribution in [2.24, 2.45) is 5.73 Å². The third kappa shape index (κ3) is 8.62. The van der Waals surface area contributed by atoms with Gasteiger partial charge in [-0.3, -0.25) is 9.59 Å². The molecule has 0 heterocycles. The number of hydrogen-bond donors (Lipinski definition) is 3. The second-order valence-electron chi connectivity index (χ2n) is 7.01. The summed E-state index contributed by atoms with van der Waals surface area (Å²) in [4.78, 5) is 36.9. The van der Waals surface area contributed by atoms with E-state index >= 15 is 0 Å². The van der Waals surface area contributed by atoms with Crippen LogP contribution in [0.1, 0.15) is 30.4 Å². The first-order valence-electron chi connectivity index (χ1n) is 10.0. The summed E-state index contributed by atoms with van der Waals surface area (Å²) in [5, 5.41) is 5.21. The molecule has 2 atom stereocenters. The van der Waals surface area contributed by atoms with Gasteiger partial charge in [0.15, 0.2) is 0 Å². The fourth-order valence-corrected chi connectivity index (χ4v) is 2.93. The highest BCUT2D eigenvalue weighted by atomic mass is 16.5. The van der Waals surface area contributed by atoms with E-state index in [-0.39, 0.29) is 13.0 Å². The highest BCUT2D eigenvalue weighted by Gasteiger charge is 2.26. The van der Waals surface area contributed by atoms with Crippen LogP contribution in [0, 0.1) is 12.3 Å². The minimum absolute atomic E-state index is 0.0718. The van der Waals surface area contributed by atoms with E-state index in [4.69, 9.17) is 16.9 Å². The van der Waals surface area contributed by atoms with Crippen LogP contribution in [-0.4, -0.2) is 30.0 Å². The fraction of sp³-hybridized carbons (Fsp3) is 0.292. The average Bonchev–Trinajstić information content (AvgIpc) is 2.78. The lowest BCUT2D eigenvalue weighted by molar-refractivity contribution is -0.128. The van der Waals surface area contributed by atoms with E-state index < -0.39 is 30.0 Å². The van der Waals surface area contributed by atoms with Crippen LogP contribution in [0.5, 0.6) is 0 Å². The van der Waals surface area contributed by atoms with E-state index in [0.29, 0.717) is 19.3 Å². The molecule has 0 aromatic heterocycles. The smallest absolute Gasteiger partial charge is 0.408 e. The molecular formula is C24H27N3O4. The zero-order valence-electron chi connectivity index (χ0n) is 17.3. The van der Waals surface area contributed by atoms with Crippen LogP contribution in [0.4, 0.5) is 4.79 Å². The molecular weight excluding hydrogens is 394 g/mol. The molecule has 3 amide bonds. The number of unbranched alkanes of at least 4 members (excludes halogenated alkanes) is 1. The zero-order valence-corrected chi connectivity index (χ0v) is 17.3. The normalized spacial score (nSPS) is 12.1. The monoisotopic (exact) mass is 421 g/mol. The number of terminal acetylenes is 1. The van der Waals surface area contributed by atoms with Crippen LogP contribution >= 0.6 is 0 Å². The van der Waals surface area contributed by atoms with Gasteiger partial charge in [0.1, 0.15) is 18.7 Å². The van der Waals surface area contributed by atoms with Gasteiger partial charge >= 0.3 is 6.09 Å². The van der Waals surface area contributed by atoms with Gasteiger partial charge in [0.25, 0.3) is 0 Å². The average molecular weight is 421 g/mol. The topological polar surface area (TPSA) is 111 Å². The minimum Gasteiger partial charge on any atom is -0.445 e. The predicted molar refractivity (Wildman–Crippen MR) is 118 cm³/mol. The lowest BCUT2D eigenvalue weighted by atomic mass is 10.0. The van der Waals surface area contributed by atoms with Crippen LogP contribution in [-0.2, 0) is 27.4 Å². The largest absolute Gasteiger partial charge is 0.445 e. The van der Waals surface area contributed by atoms with E-state index in [1.165, 1.54) is 0 Å². The lowest BCUT2D eigenvalue weighted by Crippen LogP contribution is -2.53. The summed E-state index contributed by atoms with van der Waals surface area (Å²) in [6.45, 7) is 0.0718. The van der Waals surface area contributed by atoms with Crippen LogP contribution in [0.3, 0.4) is 0 Å². The number of benzene rings is 2. The number of rotatable bonds is 11. The Bertz CT molecular complexity index is 894. The highest BCUT2D eigenvalue weighted by molar-refractivity contribution is 5.90. The van der Waals surface area contributed by atoms with Gasteiger partial charge in [-0.2, -0.15) is 0 Å². The highest BCUT2D eigenvalue weighted by Crippen LogP contribution is 2.07. The summed E-state index contributed by atoms with van der Waals surface area (Å²) >= 11 is 0. The summed E-state index contributed by atoms with van der Waals surface area (Å²) in [6.07, 6.45) is 6.06. The molecule has 0 aliphatic rings. The third-order valence-electron chi connectivity index (χ3n) is 4.58. The summed E-state index contributed by atoms with van der Waals surface area (Å²) in [6, 6.07) is 16.6. The molecule has 2 aromatic rings. The second kappa shape index (κ2) is 12.7. The molecule has 7 heteroatoms. The van der Waals surface area contributed by atoms with Crippen LogP contribution < -0.4 is 16.4 Å². The van der Waals surface area contributed by atoms with Gasteiger partial charge in [-0.1, -0.05) is 60.7 Å². The number of nitrogens with one attached hydrogen (secondary N) is 2. The van der Waals surface area contributed by atoms with Gasteiger partial charge in [-0.15, -0.1) is 12.3 Å². The number of carbonyl (C=O) groups excluding carboxylic acids is 3. The number of ether oxygens (including phenoxy) is 1. The van der Waals surface area contributed by atoms with Gasteiger partial charge in [0.05, 0.1) is 0 Å². The molecule has 0 saturated heterocycles. The maximum absolute atomic E-state index is 12.9. The second-order valence-corrected chi connectivity index (χ2v) is 7.01. The number of hydrogen-bond acceptors (Lipinski definition) is 4. The number of alkyl carbamates (subject to hydrolysis) is 1. The molecule has 0 aliphatic heterocycles. The first-order chi connectivity index (χ1) is 15.0. The van der Waals surface area contributed by atoms with E-state index in [0.717, 1.165) is 11.1 Å². The van der Waals surface area contributed by atoms with E-state index in [1.54, 1.807) is 0 Å². The number of amides is 3. The van der Waals surface area contributed by atoms with Gasteiger partial charge in [-0.25, -0.2) is 4.79 Å². The van der Waals surface area contributed by atoms with Crippen molar-refractivity contribution in [2.45, 2.75) is 44.4 Å². The molecule has 4 N–H and O–H groups in total. The Hall–Kier alpha value is -3.79. The first-order valence-corrected chi connectivity index (χ1v) is 10.0. The van der Waals surface area contributed by atoms with Crippen molar-refractivity contribution in [2.75, 3.05) is 0 Å². The Balaban J connectivity index is 2.04. The molecule has 0 saturated carbocycles. The molecule has 0 spiro atoms. The zero-order chi connectivity index (χ0) is 22.5. The van der Waals surface area contributed by atoms with E-state index in [2.05, 4.69) is 16.6 Å². The Morgan fingerprint density at radius 1 is 0.935 bits per heavy atom. The molecule has 7 nitrogen and oxygen atoms in total. The molecule has 0 unspecified atom stereocenters. The summed E-state index contributed by atoms with van der Waals surface area (Å²) in [5.41, 5.74) is 7.08. The predicted octanol–water partition coefficient (Wildman–Crippen LogP) is 2.30. The molecule has 0 fully saturated rings. The van der Waals surface area contributed by atoms with Crippen molar-refractivity contribution in [3.63, 3.8) is 0 Å². The van der Waals surface area contributed by atoms with Crippen molar-refractivity contribution < 1.29 is 19.1 Å². The van der Waals surface area contributed by atoms with Crippen molar-refractivity contribution >= 4 is 17.9 Å². The molecule has 2 aromatic carbocycles. The summed E-state index contributed by atoms with van der Waals surface area (Å²) in [7, 11) is 0. The van der Waals surface area contributed by atoms with Crippen LogP contribution in [0.15, 0.2) is 60.7 Å². The standard InChI is InChI=1S/C24H27N3O4/c1-2-3-6-15-20(22(25)28)26-23(29)21(16-18-11-7-4-8-12-18)27-24(30)31-17-19-13-9-5-10-14-19/h1,4-5,7-14,20-21H,3,6,15-17H2,(H2,25,28)(H,26,29)(H,27,30)/t20-,21+/m1/s1. The maximum Gasteiger partial charge on any atom is 0.408 e. The summed E-state index contributed by atoms with van der Waals surface area (Å²) < 4.78 is 5.23. The molecule has 0 bridgehead atoms. The van der Waals surface area contributed by atoms with Gasteiger partial charge in [0, 0.05) is 12.8 Å². The summed E-state index contributed by atoms with van der Waals surface area (Å²) in [5.74, 6) is 1.31. The molecule has 2 rings (SSSR count). The molecule has 162 valence electrons. The maximum atomic E-state index is 12.9. The number of primary amides is 1. The van der Waals surface area contributed by atoms with Gasteiger partial charge < -0.3 is 21.1 Å². The Morgan fingerprint density at radius 3 is 2.13 bits per heavy atom. The van der Waals surface area contributed by atoms with Crippen LogP contribution in [0.25, 0.3) is 0 Å². The van der Waals surface area contributed by atoms with Crippen molar-refractivity contribution in [1.82, 2.24) is 10.6 Å². The Kier molecular flexibility index (Phi) is 9.63. The van der Waals surface area contributed by atoms with Gasteiger partial charge in [0.2, 0.25) is 11.8 Å². The Labute approximate surface area is 182 Å². The minimum atomic E-state index is -0.944. The van der Waals surface area contributed by atoms with Gasteiger partial charge in [-0.05, 0) is 24.0 Å². The third-order valence-corrected chi connectivity index (χ3v) is 4.58. The van der Waals surface area contributed by atoms with Crippen molar-refractivity contribution in [3.8, 4) is 12.3 Å². The Morgan fingerprint density at radius 2 is 1.55 bits per heavy atom. The number of nitrogens with two attached hydrogens (primary N) is 1. The van der Waals surface area contributed by atoms with Crippen molar-refractivity contribution in [3.05, 3.63) is 71.8 Å². The number of carbonyl (C=O) groups is 3. The quantitative estimate of drug-likeness (QED) is 0.382. The molecule has 0 aliphatic carbocycles. The lowest BCUT2D eigenvalue weighted by Gasteiger charge is -2.22. The first kappa shape index (κ1) is 23.5. The van der Waals surface area contributed by atoms with E-state index in [1.807, 2.05) is 60.7 Å². The molecule has 0 radical (unpaired) electrons. The van der Waals surface area contributed by atoms with E-state index in [9.17, 15) is 14.4 Å².